The number of anilines is 2. The number of nitrogens with one attached hydrogen (secondary N) is 1. The van der Waals surface area contributed by atoms with Gasteiger partial charge in [0, 0.05) is 12.1 Å². The van der Waals surface area contributed by atoms with Gasteiger partial charge in [-0.2, -0.15) is 18.2 Å². The Morgan fingerprint density at radius 1 is 1.12 bits per heavy atom. The smallest absolute Gasteiger partial charge is 0.383 e. The van der Waals surface area contributed by atoms with E-state index >= 15 is 0 Å². The molecule has 26 heavy (non-hydrogen) atoms. The molecule has 0 saturated heterocycles. The molecule has 0 atom stereocenters. The highest BCUT2D eigenvalue weighted by molar-refractivity contribution is 7.90. The Kier molecular flexibility index (Phi) is 4.53. The van der Waals surface area contributed by atoms with Gasteiger partial charge in [-0.3, -0.25) is 0 Å². The van der Waals surface area contributed by atoms with Gasteiger partial charge in [-0.05, 0) is 18.4 Å². The minimum Gasteiger partial charge on any atom is -0.383 e. The van der Waals surface area contributed by atoms with Crippen molar-refractivity contribution in [2.45, 2.75) is 30.8 Å². The number of sulfonamides is 1. The number of halogens is 3. The second-order valence-electron chi connectivity index (χ2n) is 5.95. The van der Waals surface area contributed by atoms with Gasteiger partial charge < -0.3 is 11.5 Å². The fourth-order valence-corrected chi connectivity index (χ4v) is 3.81. The summed E-state index contributed by atoms with van der Waals surface area (Å²) in [5.41, 5.74) is 9.96. The van der Waals surface area contributed by atoms with E-state index in [0.29, 0.717) is 18.4 Å². The van der Waals surface area contributed by atoms with Crippen LogP contribution in [0.5, 0.6) is 0 Å². The van der Waals surface area contributed by atoms with E-state index in [2.05, 4.69) is 14.7 Å². The quantitative estimate of drug-likeness (QED) is 0.720. The number of hydrogen-bond donors (Lipinski definition) is 3. The van der Waals surface area contributed by atoms with Gasteiger partial charge in [0.15, 0.2) is 0 Å². The molecule has 140 valence electrons. The van der Waals surface area contributed by atoms with Crippen molar-refractivity contribution in [2.75, 3.05) is 11.5 Å². The van der Waals surface area contributed by atoms with E-state index in [1.807, 2.05) is 0 Å². The number of nitrogen functional groups attached to an aromatic ring is 2. The summed E-state index contributed by atoms with van der Waals surface area (Å²) in [6, 6.07) is 5.83. The summed E-state index contributed by atoms with van der Waals surface area (Å²) < 4.78 is 65.9. The van der Waals surface area contributed by atoms with Gasteiger partial charge in [0.1, 0.15) is 11.4 Å². The third-order valence-electron chi connectivity index (χ3n) is 3.91. The summed E-state index contributed by atoms with van der Waals surface area (Å²) in [5.74, 6) is -1.12. The summed E-state index contributed by atoms with van der Waals surface area (Å²) in [6.45, 7) is 0.0549. The molecule has 1 saturated carbocycles. The lowest BCUT2D eigenvalue weighted by Gasteiger charge is -2.15. The lowest BCUT2D eigenvalue weighted by Crippen LogP contribution is -2.26. The van der Waals surface area contributed by atoms with Gasteiger partial charge in [0.2, 0.25) is 16.0 Å². The van der Waals surface area contributed by atoms with Gasteiger partial charge in [0.25, 0.3) is 0 Å². The second kappa shape index (κ2) is 6.40. The maximum absolute atomic E-state index is 13.3. The van der Waals surface area contributed by atoms with Crippen LogP contribution in [-0.4, -0.2) is 23.6 Å². The molecule has 1 aromatic heterocycles. The predicted molar refractivity (Wildman–Crippen MR) is 90.1 cm³/mol. The molecule has 0 unspecified atom stereocenters. The zero-order valence-electron chi connectivity index (χ0n) is 13.4. The molecule has 7 nitrogen and oxygen atoms in total. The molecule has 3 rings (SSSR count). The van der Waals surface area contributed by atoms with Gasteiger partial charge in [-0.25, -0.2) is 18.1 Å². The van der Waals surface area contributed by atoms with Crippen molar-refractivity contribution in [3.63, 3.8) is 0 Å². The van der Waals surface area contributed by atoms with Crippen LogP contribution in [0.1, 0.15) is 24.0 Å². The minimum absolute atomic E-state index is 0.0549. The standard InChI is InChI=1S/C15H16F3N5O2S/c16-15(17,18)11-12(22-14(20)23-13(11)19)9-3-1-8(2-4-9)7-21-26(24,25)10-5-6-10/h1-4,10,21H,5-7H2,(H4,19,20,22,23). The highest BCUT2D eigenvalue weighted by Gasteiger charge is 2.38. The van der Waals surface area contributed by atoms with Crippen molar-refractivity contribution in [1.82, 2.24) is 14.7 Å². The van der Waals surface area contributed by atoms with Crippen LogP contribution in [0.2, 0.25) is 0 Å². The van der Waals surface area contributed by atoms with E-state index in [0.717, 1.165) is 0 Å². The SMILES string of the molecule is Nc1nc(N)c(C(F)(F)F)c(-c2ccc(CNS(=O)(=O)C3CC3)cc2)n1. The maximum atomic E-state index is 13.3. The second-order valence-corrected chi connectivity index (χ2v) is 8.00. The molecule has 0 amide bonds. The highest BCUT2D eigenvalue weighted by atomic mass is 32.2. The van der Waals surface area contributed by atoms with Crippen LogP contribution >= 0.6 is 0 Å². The highest BCUT2D eigenvalue weighted by Crippen LogP contribution is 2.39. The van der Waals surface area contributed by atoms with E-state index in [1.165, 1.54) is 24.3 Å². The monoisotopic (exact) mass is 387 g/mol. The number of benzene rings is 1. The Hall–Kier alpha value is -2.40. The van der Waals surface area contributed by atoms with Crippen LogP contribution in [0.3, 0.4) is 0 Å². The van der Waals surface area contributed by atoms with E-state index in [4.69, 9.17) is 11.5 Å². The molecule has 1 aliphatic carbocycles. The molecule has 1 heterocycles. The molecule has 5 N–H and O–H groups in total. The Labute approximate surface area is 147 Å². The molecule has 0 aliphatic heterocycles. The van der Waals surface area contributed by atoms with Crippen LogP contribution in [0, 0.1) is 0 Å². The summed E-state index contributed by atoms with van der Waals surface area (Å²) in [6.07, 6.45) is -3.46. The third-order valence-corrected chi connectivity index (χ3v) is 5.80. The van der Waals surface area contributed by atoms with Crippen LogP contribution in [0.15, 0.2) is 24.3 Å². The van der Waals surface area contributed by atoms with Crippen LogP contribution in [-0.2, 0) is 22.7 Å². The molecule has 0 spiro atoms. The molecule has 1 aromatic carbocycles. The molecular formula is C15H16F3N5O2S. The Morgan fingerprint density at radius 2 is 1.73 bits per heavy atom. The first-order valence-electron chi connectivity index (χ1n) is 7.66. The molecule has 1 aliphatic rings. The predicted octanol–water partition coefficient (Wildman–Crippen LogP) is 1.91. The lowest BCUT2D eigenvalue weighted by molar-refractivity contribution is -0.136. The molecule has 0 radical (unpaired) electrons. The Bertz CT molecular complexity index is 926. The summed E-state index contributed by atoms with van der Waals surface area (Å²) in [7, 11) is -3.34. The molecule has 0 bridgehead atoms. The van der Waals surface area contributed by atoms with Crippen molar-refractivity contribution in [3.8, 4) is 11.3 Å². The first-order valence-corrected chi connectivity index (χ1v) is 9.20. The Balaban J connectivity index is 1.87. The summed E-state index contributed by atoms with van der Waals surface area (Å²) >= 11 is 0. The molecule has 1 fully saturated rings. The number of rotatable bonds is 5. The van der Waals surface area contributed by atoms with Crippen LogP contribution < -0.4 is 16.2 Å². The molecule has 11 heteroatoms. The van der Waals surface area contributed by atoms with Gasteiger partial charge in [-0.15, -0.1) is 0 Å². The Morgan fingerprint density at radius 3 is 2.27 bits per heavy atom. The normalized spacial score (nSPS) is 15.2. The lowest BCUT2D eigenvalue weighted by atomic mass is 10.0. The average Bonchev–Trinajstić information content (AvgIpc) is 3.37. The van der Waals surface area contributed by atoms with Crippen molar-refractivity contribution >= 4 is 21.8 Å². The van der Waals surface area contributed by atoms with E-state index in [1.54, 1.807) is 0 Å². The zero-order valence-corrected chi connectivity index (χ0v) is 14.2. The van der Waals surface area contributed by atoms with Crippen molar-refractivity contribution in [2.24, 2.45) is 0 Å². The van der Waals surface area contributed by atoms with Crippen LogP contribution in [0.4, 0.5) is 24.9 Å². The first-order chi connectivity index (χ1) is 12.1. The number of alkyl halides is 3. The van der Waals surface area contributed by atoms with Gasteiger partial charge in [-0.1, -0.05) is 24.3 Å². The van der Waals surface area contributed by atoms with E-state index < -0.39 is 33.3 Å². The molecular weight excluding hydrogens is 371 g/mol. The average molecular weight is 387 g/mol. The van der Waals surface area contributed by atoms with Gasteiger partial charge >= 0.3 is 6.18 Å². The molecule has 2 aromatic rings. The third kappa shape index (κ3) is 3.88. The van der Waals surface area contributed by atoms with E-state index in [9.17, 15) is 21.6 Å². The van der Waals surface area contributed by atoms with Crippen LogP contribution in [0.25, 0.3) is 11.3 Å². The van der Waals surface area contributed by atoms with E-state index in [-0.39, 0.29) is 23.3 Å². The van der Waals surface area contributed by atoms with Crippen molar-refractivity contribution in [1.29, 1.82) is 0 Å². The number of nitrogens with zero attached hydrogens (tertiary/aromatic N) is 2. The first kappa shape index (κ1) is 18.4. The summed E-state index contributed by atoms with van der Waals surface area (Å²) in [4.78, 5) is 7.04. The fourth-order valence-electron chi connectivity index (χ4n) is 2.45. The maximum Gasteiger partial charge on any atom is 0.422 e. The largest absolute Gasteiger partial charge is 0.422 e. The fraction of sp³-hybridized carbons (Fsp3) is 0.333. The number of nitrogens with two attached hydrogens (primary N) is 2. The van der Waals surface area contributed by atoms with Crippen molar-refractivity contribution < 1.29 is 21.6 Å². The zero-order chi connectivity index (χ0) is 19.1. The minimum atomic E-state index is -4.74. The number of hydrogen-bond acceptors (Lipinski definition) is 6. The summed E-state index contributed by atoms with van der Waals surface area (Å²) in [5, 5.41) is -0.344. The number of aromatic nitrogens is 2. The topological polar surface area (TPSA) is 124 Å². The van der Waals surface area contributed by atoms with Crippen molar-refractivity contribution in [3.05, 3.63) is 35.4 Å². The van der Waals surface area contributed by atoms with Gasteiger partial charge in [0.05, 0.1) is 10.9 Å².